The lowest BCUT2D eigenvalue weighted by atomic mass is 9.73. The predicted molar refractivity (Wildman–Crippen MR) is 149 cm³/mol. The molecule has 0 aromatic carbocycles. The molecule has 3 aromatic rings. The normalized spacial score (nSPS) is 26.7. The smallest absolute Gasteiger partial charge is 0.183 e. The zero-order valence-corrected chi connectivity index (χ0v) is 22.5. The van der Waals surface area contributed by atoms with Gasteiger partial charge >= 0.3 is 0 Å². The van der Waals surface area contributed by atoms with Crippen LogP contribution < -0.4 is 20.4 Å². The summed E-state index contributed by atoms with van der Waals surface area (Å²) in [5.41, 5.74) is 10.2. The maximum Gasteiger partial charge on any atom is 0.183 e. The maximum atomic E-state index is 9.92. The molecule has 3 saturated heterocycles. The van der Waals surface area contributed by atoms with Crippen LogP contribution in [-0.2, 0) is 11.2 Å². The van der Waals surface area contributed by atoms with Gasteiger partial charge in [0.15, 0.2) is 17.0 Å². The van der Waals surface area contributed by atoms with E-state index in [1.54, 1.807) is 0 Å². The molecule has 3 fully saturated rings. The third kappa shape index (κ3) is 4.16. The van der Waals surface area contributed by atoms with Crippen molar-refractivity contribution in [3.63, 3.8) is 0 Å². The molecule has 4 aliphatic rings. The molecular weight excluding hydrogens is 506 g/mol. The fraction of sp³-hybridized carbons (Fsp3) is 0.615. The minimum atomic E-state index is -0.266. The fourth-order valence-electron chi connectivity index (χ4n) is 6.56. The second-order valence-corrected chi connectivity index (χ2v) is 11.1. The third-order valence-corrected chi connectivity index (χ3v) is 8.93. The highest BCUT2D eigenvalue weighted by Crippen LogP contribution is 2.42. The van der Waals surface area contributed by atoms with Gasteiger partial charge in [0.25, 0.3) is 0 Å². The van der Waals surface area contributed by atoms with Crippen molar-refractivity contribution in [3.8, 4) is 0 Å². The number of aryl methyl sites for hydroxylation is 1. The number of anilines is 4. The number of halogens is 1. The number of piperidine rings is 1. The molecule has 12 heteroatoms. The van der Waals surface area contributed by atoms with Crippen LogP contribution in [0.4, 0.5) is 23.1 Å². The Balaban J connectivity index is 0.00000264. The van der Waals surface area contributed by atoms with Gasteiger partial charge in [-0.25, -0.2) is 15.0 Å². The summed E-state index contributed by atoms with van der Waals surface area (Å²) in [4.78, 5) is 21.4. The van der Waals surface area contributed by atoms with Crippen LogP contribution in [0.3, 0.4) is 0 Å². The van der Waals surface area contributed by atoms with Crippen molar-refractivity contribution in [1.82, 2.24) is 25.1 Å². The molecule has 4 N–H and O–H groups in total. The van der Waals surface area contributed by atoms with Crippen molar-refractivity contribution in [2.24, 2.45) is 11.1 Å². The van der Waals surface area contributed by atoms with Crippen LogP contribution in [0, 0.1) is 5.41 Å². The van der Waals surface area contributed by atoms with E-state index in [0.29, 0.717) is 12.2 Å². The zero-order chi connectivity index (χ0) is 25.1. The number of aromatic nitrogens is 5. The summed E-state index contributed by atoms with van der Waals surface area (Å²) >= 11 is 0. The molecule has 3 atom stereocenters. The van der Waals surface area contributed by atoms with Crippen LogP contribution in [0.25, 0.3) is 11.2 Å². The number of hydrogen-bond donors (Lipinski definition) is 3. The van der Waals surface area contributed by atoms with Gasteiger partial charge in [-0.05, 0) is 51.2 Å². The van der Waals surface area contributed by atoms with Crippen LogP contribution in [0.1, 0.15) is 38.3 Å². The zero-order valence-electron chi connectivity index (χ0n) is 21.7. The van der Waals surface area contributed by atoms with Gasteiger partial charge in [-0.2, -0.15) is 5.10 Å². The van der Waals surface area contributed by atoms with E-state index < -0.39 is 0 Å². The van der Waals surface area contributed by atoms with E-state index in [1.807, 2.05) is 6.20 Å². The molecule has 7 rings (SSSR count). The number of aromatic amines is 1. The fourth-order valence-corrected chi connectivity index (χ4v) is 6.56. The number of nitrogens with one attached hydrogen (secondary N) is 1. The maximum absolute atomic E-state index is 9.92. The number of rotatable bonds is 3. The lowest BCUT2D eigenvalue weighted by Gasteiger charge is -2.41. The Morgan fingerprint density at radius 3 is 2.68 bits per heavy atom. The second-order valence-electron chi connectivity index (χ2n) is 11.1. The minimum absolute atomic E-state index is 0. The average Bonchev–Trinajstić information content (AvgIpc) is 3.63. The van der Waals surface area contributed by atoms with Gasteiger partial charge < -0.3 is 30.3 Å². The molecule has 0 unspecified atom stereocenters. The van der Waals surface area contributed by atoms with E-state index in [-0.39, 0.29) is 36.1 Å². The van der Waals surface area contributed by atoms with E-state index in [9.17, 15) is 5.11 Å². The highest BCUT2D eigenvalue weighted by molar-refractivity contribution is 5.87. The predicted octanol–water partition coefficient (Wildman–Crippen LogP) is 2.16. The molecule has 1 spiro atoms. The monoisotopic (exact) mass is 541 g/mol. The standard InChI is InChI=1S/C26H35N9O2.ClH/c1-16-23(27)26(15-37-16)7-11-33(12-8-26)21-13-28-22-24(30-21)31-32-25(22)35-9-2-3-18-19(35)4-5-20(29-18)34-10-6-17(36)14-34;/h4-5,13,16-17,23,36H,2-3,6-12,14-15,27H2,1H3,(H,30,31,32);1H/t16-,17-,23+;/m0./s1. The Labute approximate surface area is 228 Å². The molecule has 38 heavy (non-hydrogen) atoms. The number of H-pyrrole nitrogens is 1. The number of fused-ring (bicyclic) bond motifs is 2. The van der Waals surface area contributed by atoms with Crippen molar-refractivity contribution in [2.75, 3.05) is 54.0 Å². The number of β-amino-alcohol motifs (C(OH)–C–C–N with tert-alkyl or cyclic N) is 1. The van der Waals surface area contributed by atoms with Crippen molar-refractivity contribution >= 4 is 46.7 Å². The molecular formula is C26H36ClN9O2. The van der Waals surface area contributed by atoms with Crippen LogP contribution >= 0.6 is 12.4 Å². The first-order valence-corrected chi connectivity index (χ1v) is 13.5. The van der Waals surface area contributed by atoms with Gasteiger partial charge in [0.1, 0.15) is 11.6 Å². The largest absolute Gasteiger partial charge is 0.391 e. The molecule has 4 aliphatic heterocycles. The molecule has 7 heterocycles. The SMILES string of the molecule is C[C@@H]1OCC2(CCN(c3cnc4c(N5CCCc6nc(N7CC[C@H](O)C7)ccc65)n[nH]c4n3)CC2)[C@@H]1N.Cl. The minimum Gasteiger partial charge on any atom is -0.391 e. The number of ether oxygens (including phenoxy) is 1. The van der Waals surface area contributed by atoms with Crippen molar-refractivity contribution in [2.45, 2.75) is 57.3 Å². The molecule has 0 bridgehead atoms. The third-order valence-electron chi connectivity index (χ3n) is 8.93. The number of nitrogens with zero attached hydrogens (tertiary/aromatic N) is 7. The molecule has 0 amide bonds. The summed E-state index contributed by atoms with van der Waals surface area (Å²) in [6, 6.07) is 4.28. The first-order valence-electron chi connectivity index (χ1n) is 13.5. The number of hydrogen-bond acceptors (Lipinski definition) is 10. The van der Waals surface area contributed by atoms with E-state index in [0.717, 1.165) is 99.2 Å². The van der Waals surface area contributed by atoms with Gasteiger partial charge in [-0.3, -0.25) is 5.10 Å². The summed E-state index contributed by atoms with van der Waals surface area (Å²) in [5.74, 6) is 2.61. The molecule has 0 radical (unpaired) electrons. The van der Waals surface area contributed by atoms with E-state index in [1.165, 1.54) is 0 Å². The first kappa shape index (κ1) is 25.5. The average molecular weight is 542 g/mol. The van der Waals surface area contributed by atoms with Crippen LogP contribution in [-0.4, -0.2) is 87.8 Å². The van der Waals surface area contributed by atoms with Gasteiger partial charge in [-0.1, -0.05) is 0 Å². The quantitative estimate of drug-likeness (QED) is 0.453. The van der Waals surface area contributed by atoms with Crippen LogP contribution in [0.2, 0.25) is 0 Å². The summed E-state index contributed by atoms with van der Waals surface area (Å²) in [6.07, 6.45) is 6.45. The van der Waals surface area contributed by atoms with Crippen LogP contribution in [0.5, 0.6) is 0 Å². The van der Waals surface area contributed by atoms with E-state index in [4.69, 9.17) is 25.4 Å². The Morgan fingerprint density at radius 2 is 1.95 bits per heavy atom. The molecule has 204 valence electrons. The van der Waals surface area contributed by atoms with Gasteiger partial charge in [-0.15, -0.1) is 12.4 Å². The molecule has 3 aromatic heterocycles. The lowest BCUT2D eigenvalue weighted by Crippen LogP contribution is -2.50. The second kappa shape index (κ2) is 9.78. The number of pyridine rings is 1. The highest BCUT2D eigenvalue weighted by Gasteiger charge is 2.47. The Hall–Kier alpha value is -2.73. The number of aliphatic hydroxyl groups is 1. The summed E-state index contributed by atoms with van der Waals surface area (Å²) in [7, 11) is 0. The van der Waals surface area contributed by atoms with Crippen molar-refractivity contribution in [3.05, 3.63) is 24.0 Å². The van der Waals surface area contributed by atoms with Gasteiger partial charge in [0, 0.05) is 44.2 Å². The van der Waals surface area contributed by atoms with Gasteiger partial charge in [0.2, 0.25) is 0 Å². The van der Waals surface area contributed by atoms with Gasteiger partial charge in [0.05, 0.1) is 36.4 Å². The molecule has 11 nitrogen and oxygen atoms in total. The number of aliphatic hydroxyl groups excluding tert-OH is 1. The van der Waals surface area contributed by atoms with Crippen molar-refractivity contribution < 1.29 is 9.84 Å². The first-order chi connectivity index (χ1) is 18.0. The van der Waals surface area contributed by atoms with Crippen molar-refractivity contribution in [1.29, 1.82) is 0 Å². The molecule has 0 aliphatic carbocycles. The topological polar surface area (TPSA) is 133 Å². The Morgan fingerprint density at radius 1 is 1.11 bits per heavy atom. The summed E-state index contributed by atoms with van der Waals surface area (Å²) < 4.78 is 5.87. The summed E-state index contributed by atoms with van der Waals surface area (Å²) in [6.45, 7) is 6.97. The Bertz CT molecular complexity index is 1310. The highest BCUT2D eigenvalue weighted by atomic mass is 35.5. The lowest BCUT2D eigenvalue weighted by molar-refractivity contribution is 0.0974. The Kier molecular flexibility index (Phi) is 6.58. The number of nitrogens with two attached hydrogens (primary N) is 1. The van der Waals surface area contributed by atoms with E-state index in [2.05, 4.69) is 44.0 Å². The van der Waals surface area contributed by atoms with E-state index >= 15 is 0 Å². The molecule has 0 saturated carbocycles. The summed E-state index contributed by atoms with van der Waals surface area (Å²) in [5, 5.41) is 17.7. The van der Waals surface area contributed by atoms with Crippen LogP contribution in [0.15, 0.2) is 18.3 Å².